The van der Waals surface area contributed by atoms with Gasteiger partial charge in [0.15, 0.2) is 0 Å². The molecular weight excluding hydrogens is 362 g/mol. The summed E-state index contributed by atoms with van der Waals surface area (Å²) >= 11 is 0. The van der Waals surface area contributed by atoms with Gasteiger partial charge in [0.25, 0.3) is 0 Å². The van der Waals surface area contributed by atoms with Crippen molar-refractivity contribution in [1.82, 2.24) is 0 Å². The molecule has 0 aliphatic rings. The molecule has 4 aromatic carbocycles. The predicted molar refractivity (Wildman–Crippen MR) is 130 cm³/mol. The van der Waals surface area contributed by atoms with Crippen LogP contribution < -0.4 is 5.73 Å². The average Bonchev–Trinajstić information content (AvgIpc) is 2.84. The first-order chi connectivity index (χ1) is 14.7. The van der Waals surface area contributed by atoms with Gasteiger partial charge in [0.1, 0.15) is 0 Å². The third kappa shape index (κ3) is 4.48. The molecule has 0 spiro atoms. The van der Waals surface area contributed by atoms with Crippen molar-refractivity contribution in [3.63, 3.8) is 0 Å². The highest BCUT2D eigenvalue weighted by Crippen LogP contribution is 2.26. The molecule has 146 valence electrons. The number of nitrogens with two attached hydrogens (primary N) is 1. The molecule has 0 aliphatic carbocycles. The fourth-order valence-electron chi connectivity index (χ4n) is 3.57. The van der Waals surface area contributed by atoms with E-state index in [4.69, 9.17) is 5.73 Å². The van der Waals surface area contributed by atoms with Gasteiger partial charge in [-0.2, -0.15) is 0 Å². The van der Waals surface area contributed by atoms with Gasteiger partial charge >= 0.3 is 0 Å². The number of hydrogen-bond donors (Lipinski definition) is 1. The van der Waals surface area contributed by atoms with Crippen LogP contribution in [0, 0.1) is 0 Å². The fourth-order valence-corrected chi connectivity index (χ4v) is 3.57. The Morgan fingerprint density at radius 1 is 0.567 bits per heavy atom. The third-order valence-electron chi connectivity index (χ3n) is 5.29. The van der Waals surface area contributed by atoms with E-state index in [2.05, 4.69) is 110 Å². The molecule has 0 aromatic heterocycles. The second-order valence-corrected chi connectivity index (χ2v) is 7.29. The maximum Gasteiger partial charge on any atom is 0.0184 e. The minimum atomic E-state index is 0.464. The summed E-state index contributed by atoms with van der Waals surface area (Å²) in [5.74, 6) is 0. The Kier molecular flexibility index (Phi) is 6.03. The molecule has 30 heavy (non-hydrogen) atoms. The van der Waals surface area contributed by atoms with E-state index in [0.717, 1.165) is 22.3 Å². The van der Waals surface area contributed by atoms with Gasteiger partial charge in [-0.15, -0.1) is 0 Å². The molecule has 4 aromatic rings. The van der Waals surface area contributed by atoms with Gasteiger partial charge in [-0.3, -0.25) is 0 Å². The lowest BCUT2D eigenvalue weighted by atomic mass is 9.96. The molecular formula is C29H25N. The van der Waals surface area contributed by atoms with Crippen LogP contribution in [0.15, 0.2) is 122 Å². The molecule has 0 amide bonds. The maximum absolute atomic E-state index is 6.07. The van der Waals surface area contributed by atoms with E-state index in [-0.39, 0.29) is 0 Å². The summed E-state index contributed by atoms with van der Waals surface area (Å²) in [6, 6.07) is 37.8. The van der Waals surface area contributed by atoms with Crippen LogP contribution in [-0.4, -0.2) is 6.54 Å². The zero-order chi connectivity index (χ0) is 20.8. The number of rotatable bonds is 6. The first-order valence-corrected chi connectivity index (χ1v) is 10.2. The summed E-state index contributed by atoms with van der Waals surface area (Å²) in [6.07, 6.45) is 2.09. The Morgan fingerprint density at radius 2 is 0.967 bits per heavy atom. The second-order valence-electron chi connectivity index (χ2n) is 7.29. The van der Waals surface area contributed by atoms with Crippen LogP contribution in [0.25, 0.3) is 33.4 Å². The summed E-state index contributed by atoms with van der Waals surface area (Å²) in [6.45, 7) is 4.74. The van der Waals surface area contributed by atoms with Crippen LogP contribution >= 0.6 is 0 Å². The number of benzene rings is 4. The van der Waals surface area contributed by atoms with Gasteiger partial charge in [-0.05, 0) is 50.6 Å². The molecule has 2 N–H and O–H groups in total. The largest absolute Gasteiger partial charge is 0.326 e. The van der Waals surface area contributed by atoms with Crippen molar-refractivity contribution in [3.05, 3.63) is 133 Å². The highest BCUT2D eigenvalue weighted by molar-refractivity contribution is 5.84. The van der Waals surface area contributed by atoms with E-state index in [1.165, 1.54) is 22.3 Å². The highest BCUT2D eigenvalue weighted by Gasteiger charge is 2.05. The van der Waals surface area contributed by atoms with Crippen molar-refractivity contribution in [2.75, 3.05) is 6.54 Å². The fraction of sp³-hybridized carbons (Fsp3) is 0.0345. The molecule has 0 aliphatic heterocycles. The highest BCUT2D eigenvalue weighted by atomic mass is 14.5. The van der Waals surface area contributed by atoms with E-state index in [1.54, 1.807) is 0 Å². The second kappa shape index (κ2) is 9.21. The summed E-state index contributed by atoms with van der Waals surface area (Å²) in [7, 11) is 0. The van der Waals surface area contributed by atoms with Gasteiger partial charge in [-0.25, -0.2) is 0 Å². The predicted octanol–water partition coefficient (Wildman–Crippen LogP) is 7.08. The zero-order valence-electron chi connectivity index (χ0n) is 17.0. The number of hydrogen-bond acceptors (Lipinski definition) is 1. The van der Waals surface area contributed by atoms with E-state index in [1.807, 2.05) is 12.1 Å². The van der Waals surface area contributed by atoms with E-state index >= 15 is 0 Å². The molecule has 0 saturated heterocycles. The smallest absolute Gasteiger partial charge is 0.0184 e. The van der Waals surface area contributed by atoms with Crippen LogP contribution in [0.5, 0.6) is 0 Å². The molecule has 0 heterocycles. The number of allylic oxidation sites excluding steroid dienone is 2. The monoisotopic (exact) mass is 387 g/mol. The molecule has 0 fully saturated rings. The van der Waals surface area contributed by atoms with Crippen LogP contribution in [0.1, 0.15) is 11.1 Å². The molecule has 0 bridgehead atoms. The Bertz CT molecular complexity index is 1140. The molecule has 1 heteroatoms. The van der Waals surface area contributed by atoms with Crippen molar-refractivity contribution < 1.29 is 0 Å². The normalized spacial score (nSPS) is 11.3. The molecule has 4 rings (SSSR count). The van der Waals surface area contributed by atoms with Gasteiger partial charge in [-0.1, -0.05) is 116 Å². The van der Waals surface area contributed by atoms with Crippen LogP contribution in [0.4, 0.5) is 0 Å². The Labute approximate surface area is 178 Å². The first kappa shape index (κ1) is 19.6. The van der Waals surface area contributed by atoms with E-state index in [9.17, 15) is 0 Å². The first-order valence-electron chi connectivity index (χ1n) is 10.2. The molecule has 0 atom stereocenters. The average molecular weight is 388 g/mol. The summed E-state index contributed by atoms with van der Waals surface area (Å²) < 4.78 is 0. The van der Waals surface area contributed by atoms with Gasteiger partial charge < -0.3 is 5.73 Å². The summed E-state index contributed by atoms with van der Waals surface area (Å²) in [5.41, 5.74) is 15.2. The van der Waals surface area contributed by atoms with Gasteiger partial charge in [0.05, 0.1) is 0 Å². The standard InChI is InChI=1S/C29H25N/c1-22(23-12-14-26(15-13-23)24-8-4-2-5-9-24)20-29(21-30)28-18-16-27(17-19-28)25-10-6-3-7-11-25/h2-20H,1,21,30H2/b29-20+. The Balaban J connectivity index is 1.54. The van der Waals surface area contributed by atoms with Crippen molar-refractivity contribution in [2.24, 2.45) is 5.73 Å². The Hall–Kier alpha value is -3.68. The lowest BCUT2D eigenvalue weighted by Gasteiger charge is -2.10. The lowest BCUT2D eigenvalue weighted by molar-refractivity contribution is 1.26. The third-order valence-corrected chi connectivity index (χ3v) is 5.29. The Morgan fingerprint density at radius 3 is 1.40 bits per heavy atom. The van der Waals surface area contributed by atoms with Crippen molar-refractivity contribution in [3.8, 4) is 22.3 Å². The van der Waals surface area contributed by atoms with Gasteiger partial charge in [0.2, 0.25) is 0 Å². The van der Waals surface area contributed by atoms with Crippen LogP contribution in [-0.2, 0) is 0 Å². The van der Waals surface area contributed by atoms with E-state index < -0.39 is 0 Å². The lowest BCUT2D eigenvalue weighted by Crippen LogP contribution is -2.02. The molecule has 0 unspecified atom stereocenters. The minimum absolute atomic E-state index is 0.464. The molecule has 0 saturated carbocycles. The van der Waals surface area contributed by atoms with Crippen molar-refractivity contribution in [2.45, 2.75) is 0 Å². The van der Waals surface area contributed by atoms with E-state index in [0.29, 0.717) is 6.54 Å². The van der Waals surface area contributed by atoms with Crippen molar-refractivity contribution in [1.29, 1.82) is 0 Å². The molecule has 1 nitrogen and oxygen atoms in total. The minimum Gasteiger partial charge on any atom is -0.326 e. The summed E-state index contributed by atoms with van der Waals surface area (Å²) in [4.78, 5) is 0. The SMILES string of the molecule is C=C(/C=C(\CN)c1ccc(-c2ccccc2)cc1)c1ccc(-c2ccccc2)cc1. The maximum atomic E-state index is 6.07. The summed E-state index contributed by atoms with van der Waals surface area (Å²) in [5, 5.41) is 0. The quantitative estimate of drug-likeness (QED) is 0.352. The van der Waals surface area contributed by atoms with Gasteiger partial charge in [0, 0.05) is 6.54 Å². The van der Waals surface area contributed by atoms with Crippen molar-refractivity contribution >= 4 is 11.1 Å². The van der Waals surface area contributed by atoms with Crippen LogP contribution in [0.2, 0.25) is 0 Å². The van der Waals surface area contributed by atoms with Crippen LogP contribution in [0.3, 0.4) is 0 Å². The zero-order valence-corrected chi connectivity index (χ0v) is 17.0. The topological polar surface area (TPSA) is 26.0 Å². The molecule has 0 radical (unpaired) electrons.